The fourth-order valence-electron chi connectivity index (χ4n) is 3.23. The van der Waals surface area contributed by atoms with Gasteiger partial charge in [0.15, 0.2) is 11.5 Å². The molecule has 1 unspecified atom stereocenters. The average molecular weight is 276 g/mol. The first-order valence-electron chi connectivity index (χ1n) is 7.59. The minimum atomic E-state index is 0.0245. The molecule has 0 aromatic heterocycles. The zero-order valence-corrected chi connectivity index (χ0v) is 12.2. The summed E-state index contributed by atoms with van der Waals surface area (Å²) in [6.07, 6.45) is 6.72. The molecule has 1 aliphatic carbocycles. The number of benzene rings is 1. The monoisotopic (exact) mass is 276 g/mol. The van der Waals surface area contributed by atoms with Gasteiger partial charge in [-0.3, -0.25) is 0 Å². The molecule has 4 heteroatoms. The molecule has 2 N–H and O–H groups in total. The highest BCUT2D eigenvalue weighted by Crippen LogP contribution is 2.34. The van der Waals surface area contributed by atoms with Crippen molar-refractivity contribution in [2.24, 2.45) is 5.73 Å². The number of likely N-dealkylation sites (N-methyl/N-ethyl adjacent to an activating group) is 1. The van der Waals surface area contributed by atoms with E-state index in [4.69, 9.17) is 15.2 Å². The minimum Gasteiger partial charge on any atom is -0.454 e. The van der Waals surface area contributed by atoms with E-state index < -0.39 is 0 Å². The third kappa shape index (κ3) is 2.91. The molecule has 0 bridgehead atoms. The highest BCUT2D eigenvalue weighted by atomic mass is 16.7. The molecule has 1 atom stereocenters. The van der Waals surface area contributed by atoms with Crippen molar-refractivity contribution >= 4 is 0 Å². The van der Waals surface area contributed by atoms with Gasteiger partial charge < -0.3 is 20.1 Å². The standard InChI is InChI=1S/C16H24N2O2/c1-18(13-5-3-2-4-6-13)10-14(17)12-7-8-15-16(9-12)20-11-19-15/h7-9,13-14H,2-6,10-11,17H2,1H3. The molecule has 3 rings (SSSR count). The molecule has 2 aliphatic rings. The molecule has 1 fully saturated rings. The van der Waals surface area contributed by atoms with Crippen molar-refractivity contribution in [1.29, 1.82) is 0 Å². The topological polar surface area (TPSA) is 47.7 Å². The van der Waals surface area contributed by atoms with Gasteiger partial charge in [0.1, 0.15) is 0 Å². The number of ether oxygens (including phenoxy) is 2. The Morgan fingerprint density at radius 2 is 1.95 bits per heavy atom. The summed E-state index contributed by atoms with van der Waals surface area (Å²) in [6.45, 7) is 1.21. The number of fused-ring (bicyclic) bond motifs is 1. The van der Waals surface area contributed by atoms with Crippen LogP contribution in [0.5, 0.6) is 11.5 Å². The van der Waals surface area contributed by atoms with Crippen LogP contribution in [-0.4, -0.2) is 31.3 Å². The van der Waals surface area contributed by atoms with Crippen LogP contribution in [-0.2, 0) is 0 Å². The number of rotatable bonds is 4. The summed E-state index contributed by atoms with van der Waals surface area (Å²) in [5, 5.41) is 0. The van der Waals surface area contributed by atoms with E-state index in [9.17, 15) is 0 Å². The highest BCUT2D eigenvalue weighted by Gasteiger charge is 2.21. The third-order valence-corrected chi connectivity index (χ3v) is 4.51. The molecule has 1 aliphatic heterocycles. The molecule has 1 aromatic carbocycles. The first-order chi connectivity index (χ1) is 9.74. The lowest BCUT2D eigenvalue weighted by Gasteiger charge is -2.33. The predicted molar refractivity (Wildman–Crippen MR) is 79.0 cm³/mol. The quantitative estimate of drug-likeness (QED) is 0.918. The molecular formula is C16H24N2O2. The second kappa shape index (κ2) is 6.02. The molecule has 0 saturated heterocycles. The summed E-state index contributed by atoms with van der Waals surface area (Å²) in [4.78, 5) is 2.43. The van der Waals surface area contributed by atoms with Crippen LogP contribution in [0.15, 0.2) is 18.2 Å². The van der Waals surface area contributed by atoms with Gasteiger partial charge in [-0.25, -0.2) is 0 Å². The molecule has 110 valence electrons. The van der Waals surface area contributed by atoms with Gasteiger partial charge in [-0.05, 0) is 37.6 Å². The minimum absolute atomic E-state index is 0.0245. The zero-order chi connectivity index (χ0) is 13.9. The summed E-state index contributed by atoms with van der Waals surface area (Å²) in [6, 6.07) is 6.74. The van der Waals surface area contributed by atoms with E-state index >= 15 is 0 Å². The second-order valence-corrected chi connectivity index (χ2v) is 5.95. The van der Waals surface area contributed by atoms with Crippen LogP contribution in [0.2, 0.25) is 0 Å². The van der Waals surface area contributed by atoms with Crippen LogP contribution >= 0.6 is 0 Å². The molecule has 0 radical (unpaired) electrons. The number of hydrogen-bond acceptors (Lipinski definition) is 4. The van der Waals surface area contributed by atoms with Gasteiger partial charge in [-0.15, -0.1) is 0 Å². The van der Waals surface area contributed by atoms with Crippen molar-refractivity contribution in [2.75, 3.05) is 20.4 Å². The van der Waals surface area contributed by atoms with Crippen LogP contribution in [0.25, 0.3) is 0 Å². The Bertz CT molecular complexity index is 458. The summed E-state index contributed by atoms with van der Waals surface area (Å²) < 4.78 is 10.8. The van der Waals surface area contributed by atoms with Gasteiger partial charge in [0, 0.05) is 18.6 Å². The van der Waals surface area contributed by atoms with Gasteiger partial charge in [-0.1, -0.05) is 25.3 Å². The Balaban J connectivity index is 1.62. The van der Waals surface area contributed by atoms with E-state index in [1.165, 1.54) is 32.1 Å². The highest BCUT2D eigenvalue weighted by molar-refractivity contribution is 5.45. The predicted octanol–water partition coefficient (Wildman–Crippen LogP) is 2.68. The van der Waals surface area contributed by atoms with E-state index in [-0.39, 0.29) is 6.04 Å². The number of nitrogens with zero attached hydrogens (tertiary/aromatic N) is 1. The van der Waals surface area contributed by atoms with Crippen molar-refractivity contribution in [1.82, 2.24) is 4.90 Å². The van der Waals surface area contributed by atoms with E-state index in [2.05, 4.69) is 11.9 Å². The summed E-state index contributed by atoms with van der Waals surface area (Å²) in [5.41, 5.74) is 7.48. The van der Waals surface area contributed by atoms with Crippen LogP contribution < -0.4 is 15.2 Å². The fourth-order valence-corrected chi connectivity index (χ4v) is 3.23. The largest absolute Gasteiger partial charge is 0.454 e. The van der Waals surface area contributed by atoms with E-state index in [1.807, 2.05) is 18.2 Å². The van der Waals surface area contributed by atoms with Crippen molar-refractivity contribution in [2.45, 2.75) is 44.2 Å². The van der Waals surface area contributed by atoms with Gasteiger partial charge in [0.2, 0.25) is 6.79 Å². The maximum atomic E-state index is 6.36. The van der Waals surface area contributed by atoms with Gasteiger partial charge >= 0.3 is 0 Å². The number of nitrogens with two attached hydrogens (primary N) is 1. The molecule has 1 heterocycles. The zero-order valence-electron chi connectivity index (χ0n) is 12.2. The average Bonchev–Trinajstić information content (AvgIpc) is 2.95. The smallest absolute Gasteiger partial charge is 0.231 e. The van der Waals surface area contributed by atoms with Gasteiger partial charge in [-0.2, -0.15) is 0 Å². The molecule has 20 heavy (non-hydrogen) atoms. The first-order valence-corrected chi connectivity index (χ1v) is 7.59. The van der Waals surface area contributed by atoms with Crippen LogP contribution in [0, 0.1) is 0 Å². The lowest BCUT2D eigenvalue weighted by molar-refractivity contribution is 0.173. The molecule has 1 aromatic rings. The Kier molecular flexibility index (Phi) is 4.13. The molecule has 0 amide bonds. The van der Waals surface area contributed by atoms with Crippen molar-refractivity contribution in [3.05, 3.63) is 23.8 Å². The Labute approximate surface area is 120 Å². The van der Waals surface area contributed by atoms with Gasteiger partial charge in [0.05, 0.1) is 0 Å². The van der Waals surface area contributed by atoms with Crippen LogP contribution in [0.4, 0.5) is 0 Å². The summed E-state index contributed by atoms with van der Waals surface area (Å²) >= 11 is 0. The summed E-state index contributed by atoms with van der Waals surface area (Å²) in [7, 11) is 2.20. The van der Waals surface area contributed by atoms with E-state index in [0.717, 1.165) is 23.6 Å². The fraction of sp³-hybridized carbons (Fsp3) is 0.625. The Morgan fingerprint density at radius 3 is 2.75 bits per heavy atom. The Hall–Kier alpha value is -1.26. The molecular weight excluding hydrogens is 252 g/mol. The van der Waals surface area contributed by atoms with Crippen molar-refractivity contribution in [3.63, 3.8) is 0 Å². The number of hydrogen-bond donors (Lipinski definition) is 1. The third-order valence-electron chi connectivity index (χ3n) is 4.51. The van der Waals surface area contributed by atoms with E-state index in [1.54, 1.807) is 0 Å². The second-order valence-electron chi connectivity index (χ2n) is 5.95. The molecule has 0 spiro atoms. The van der Waals surface area contributed by atoms with E-state index in [0.29, 0.717) is 12.8 Å². The Morgan fingerprint density at radius 1 is 1.20 bits per heavy atom. The molecule has 4 nitrogen and oxygen atoms in total. The van der Waals surface area contributed by atoms with Crippen LogP contribution in [0.3, 0.4) is 0 Å². The lowest BCUT2D eigenvalue weighted by Crippen LogP contribution is -2.38. The summed E-state index contributed by atoms with van der Waals surface area (Å²) in [5.74, 6) is 1.64. The maximum absolute atomic E-state index is 6.36. The molecule has 1 saturated carbocycles. The lowest BCUT2D eigenvalue weighted by atomic mass is 9.94. The maximum Gasteiger partial charge on any atom is 0.231 e. The van der Waals surface area contributed by atoms with Crippen molar-refractivity contribution in [3.8, 4) is 11.5 Å². The SMILES string of the molecule is CN(CC(N)c1ccc2c(c1)OCO2)C1CCCCC1. The van der Waals surface area contributed by atoms with Gasteiger partial charge in [0.25, 0.3) is 0 Å². The van der Waals surface area contributed by atoms with Crippen molar-refractivity contribution < 1.29 is 9.47 Å². The first kappa shape index (κ1) is 13.7. The normalized spacial score (nSPS) is 20.4. The van der Waals surface area contributed by atoms with Crippen LogP contribution in [0.1, 0.15) is 43.7 Å².